The van der Waals surface area contributed by atoms with Crippen molar-refractivity contribution >= 4 is 71.6 Å². The third-order valence-electron chi connectivity index (χ3n) is 8.89. The molecule has 0 saturated carbocycles. The van der Waals surface area contributed by atoms with Crippen LogP contribution in [0, 0.1) is 6.92 Å². The van der Waals surface area contributed by atoms with E-state index in [0.29, 0.717) is 0 Å². The Hall–Kier alpha value is -5.81. The van der Waals surface area contributed by atoms with Gasteiger partial charge in [0.15, 0.2) is 0 Å². The van der Waals surface area contributed by atoms with Gasteiger partial charge in [-0.25, -0.2) is 4.98 Å². The summed E-state index contributed by atoms with van der Waals surface area (Å²) in [6.07, 6.45) is 0. The van der Waals surface area contributed by atoms with Crippen molar-refractivity contribution < 1.29 is 4.42 Å². The number of aromatic nitrogens is 4. The molecule has 4 aromatic heterocycles. The predicted octanol–water partition coefficient (Wildman–Crippen LogP) is 9.74. The van der Waals surface area contributed by atoms with E-state index in [1.165, 1.54) is 27.4 Å². The summed E-state index contributed by atoms with van der Waals surface area (Å²) < 4.78 is 13.1. The Bertz CT molecular complexity index is 2700. The zero-order valence-electron chi connectivity index (χ0n) is 23.3. The Morgan fingerprint density at radius 2 is 1.09 bits per heavy atom. The van der Waals surface area contributed by atoms with Crippen molar-refractivity contribution in [3.63, 3.8) is 0 Å². The van der Waals surface area contributed by atoms with Crippen molar-refractivity contribution in [1.29, 1.82) is 0 Å². The summed E-state index contributed by atoms with van der Waals surface area (Å²) in [6.45, 7) is 2.12. The fourth-order valence-electron chi connectivity index (χ4n) is 7.00. The number of hydrogen-bond donors (Lipinski definition) is 0. The zero-order chi connectivity index (χ0) is 28.2. The Kier molecular flexibility index (Phi) is 4.32. The van der Waals surface area contributed by atoms with Gasteiger partial charge in [0.05, 0.1) is 38.8 Å². The van der Waals surface area contributed by atoms with Gasteiger partial charge < -0.3 is 8.98 Å². The molecule has 0 saturated heterocycles. The van der Waals surface area contributed by atoms with E-state index in [1.807, 2.05) is 0 Å². The molecule has 5 heteroatoms. The molecule has 0 spiro atoms. The van der Waals surface area contributed by atoms with E-state index in [0.717, 1.165) is 61.2 Å². The lowest BCUT2D eigenvalue weighted by molar-refractivity contribution is 0.669. The SMILES string of the molecule is Cc1ccc2oc3ccc(-n4c5ccccc5n5c6cc(-n7c8ccccc8c8ccccc87)ccc6nc45)cc3c2c1. The number of aryl methyl sites for hydroxylation is 1. The van der Waals surface area contributed by atoms with Gasteiger partial charge in [0.1, 0.15) is 11.2 Å². The molecule has 202 valence electrons. The van der Waals surface area contributed by atoms with Gasteiger partial charge in [-0.15, -0.1) is 0 Å². The van der Waals surface area contributed by atoms with E-state index in [1.54, 1.807) is 0 Å². The Morgan fingerprint density at radius 3 is 1.86 bits per heavy atom. The van der Waals surface area contributed by atoms with E-state index < -0.39 is 0 Å². The van der Waals surface area contributed by atoms with Crippen LogP contribution in [0.2, 0.25) is 0 Å². The Morgan fingerprint density at radius 1 is 0.488 bits per heavy atom. The molecule has 0 aliphatic carbocycles. The van der Waals surface area contributed by atoms with Crippen LogP contribution in [-0.2, 0) is 0 Å². The number of para-hydroxylation sites is 4. The first-order valence-electron chi connectivity index (χ1n) is 14.6. The fraction of sp³-hybridized carbons (Fsp3) is 0.0263. The minimum absolute atomic E-state index is 0.888. The van der Waals surface area contributed by atoms with Crippen molar-refractivity contribution in [3.05, 3.63) is 133 Å². The molecule has 0 amide bonds. The molecule has 0 radical (unpaired) electrons. The number of imidazole rings is 2. The second-order valence-corrected chi connectivity index (χ2v) is 11.4. The van der Waals surface area contributed by atoms with Crippen LogP contribution in [0.25, 0.3) is 83.0 Å². The van der Waals surface area contributed by atoms with E-state index in [-0.39, 0.29) is 0 Å². The first kappa shape index (κ1) is 22.8. The molecule has 0 atom stereocenters. The number of rotatable bonds is 2. The lowest BCUT2D eigenvalue weighted by Gasteiger charge is -2.08. The molecule has 0 N–H and O–H groups in total. The van der Waals surface area contributed by atoms with Crippen molar-refractivity contribution in [2.24, 2.45) is 0 Å². The maximum atomic E-state index is 6.18. The molecule has 10 aromatic rings. The Labute approximate surface area is 245 Å². The maximum Gasteiger partial charge on any atom is 0.220 e. The van der Waals surface area contributed by atoms with Gasteiger partial charge in [-0.2, -0.15) is 0 Å². The van der Waals surface area contributed by atoms with Gasteiger partial charge in [-0.1, -0.05) is 60.2 Å². The fourth-order valence-corrected chi connectivity index (χ4v) is 7.00. The van der Waals surface area contributed by atoms with Crippen LogP contribution in [0.3, 0.4) is 0 Å². The van der Waals surface area contributed by atoms with Crippen molar-refractivity contribution in [2.75, 3.05) is 0 Å². The van der Waals surface area contributed by atoms with Crippen molar-refractivity contribution in [3.8, 4) is 11.4 Å². The second kappa shape index (κ2) is 8.14. The normalized spacial score (nSPS) is 12.3. The first-order valence-corrected chi connectivity index (χ1v) is 14.6. The smallest absolute Gasteiger partial charge is 0.220 e. The second-order valence-electron chi connectivity index (χ2n) is 11.4. The maximum absolute atomic E-state index is 6.18. The standard InChI is InChI=1S/C38H24N4O/c1-23-14-18-36-28(20-23)29-21-24(16-19-37(29)43-36)41-33-12-6-7-13-34(33)42-35-22-25(15-17-30(35)39-38(41)42)40-31-10-4-2-8-26(31)27-9-3-5-11-32(27)40/h2-22H,1H3. The lowest BCUT2D eigenvalue weighted by atomic mass is 10.1. The highest BCUT2D eigenvalue weighted by atomic mass is 16.3. The van der Waals surface area contributed by atoms with E-state index >= 15 is 0 Å². The highest BCUT2D eigenvalue weighted by Crippen LogP contribution is 2.36. The molecule has 5 nitrogen and oxygen atoms in total. The summed E-state index contributed by atoms with van der Waals surface area (Å²) in [7, 11) is 0. The number of benzene rings is 6. The first-order chi connectivity index (χ1) is 21.2. The summed E-state index contributed by atoms with van der Waals surface area (Å²) >= 11 is 0. The molecule has 0 aliphatic heterocycles. The van der Waals surface area contributed by atoms with Crippen LogP contribution < -0.4 is 0 Å². The molecule has 0 fully saturated rings. The third-order valence-corrected chi connectivity index (χ3v) is 8.89. The molecule has 0 aliphatic rings. The topological polar surface area (TPSA) is 40.3 Å². The molecule has 0 bridgehead atoms. The summed E-state index contributed by atoms with van der Waals surface area (Å²) in [5, 5.41) is 4.75. The average molecular weight is 553 g/mol. The minimum Gasteiger partial charge on any atom is -0.456 e. The largest absolute Gasteiger partial charge is 0.456 e. The van der Waals surface area contributed by atoms with E-state index in [9.17, 15) is 0 Å². The molecular formula is C38H24N4O. The average Bonchev–Trinajstić information content (AvgIpc) is 3.77. The highest BCUT2D eigenvalue weighted by Gasteiger charge is 2.20. The molecular weight excluding hydrogens is 528 g/mol. The van der Waals surface area contributed by atoms with Gasteiger partial charge >= 0.3 is 0 Å². The molecule has 43 heavy (non-hydrogen) atoms. The number of furan rings is 1. The summed E-state index contributed by atoms with van der Waals surface area (Å²) in [5.74, 6) is 0.888. The predicted molar refractivity (Wildman–Crippen MR) is 176 cm³/mol. The van der Waals surface area contributed by atoms with Crippen LogP contribution in [-0.4, -0.2) is 18.5 Å². The molecule has 6 aromatic carbocycles. The van der Waals surface area contributed by atoms with Crippen LogP contribution in [0.15, 0.2) is 132 Å². The van der Waals surface area contributed by atoms with Gasteiger partial charge in [0, 0.05) is 27.2 Å². The van der Waals surface area contributed by atoms with Crippen molar-refractivity contribution in [1.82, 2.24) is 18.5 Å². The van der Waals surface area contributed by atoms with Crippen LogP contribution >= 0.6 is 0 Å². The molecule has 4 heterocycles. The zero-order valence-corrected chi connectivity index (χ0v) is 23.3. The Balaban J connectivity index is 1.27. The number of nitrogens with zero attached hydrogens (tertiary/aromatic N) is 4. The van der Waals surface area contributed by atoms with E-state index in [4.69, 9.17) is 9.40 Å². The van der Waals surface area contributed by atoms with Crippen LogP contribution in [0.4, 0.5) is 0 Å². The van der Waals surface area contributed by atoms with Crippen LogP contribution in [0.1, 0.15) is 5.56 Å². The van der Waals surface area contributed by atoms with Gasteiger partial charge in [0.25, 0.3) is 0 Å². The summed E-state index contributed by atoms with van der Waals surface area (Å²) in [4.78, 5) is 5.21. The van der Waals surface area contributed by atoms with E-state index in [2.05, 4.69) is 148 Å². The van der Waals surface area contributed by atoms with Crippen molar-refractivity contribution in [2.45, 2.75) is 6.92 Å². The van der Waals surface area contributed by atoms with Gasteiger partial charge in [-0.05, 0) is 79.7 Å². The monoisotopic (exact) mass is 552 g/mol. The minimum atomic E-state index is 0.888. The van der Waals surface area contributed by atoms with Gasteiger partial charge in [-0.3, -0.25) is 8.97 Å². The molecule has 10 rings (SSSR count). The summed E-state index contributed by atoms with van der Waals surface area (Å²) in [6, 6.07) is 45.2. The quantitative estimate of drug-likeness (QED) is 0.214. The lowest BCUT2D eigenvalue weighted by Crippen LogP contribution is -1.94. The third kappa shape index (κ3) is 3.03. The summed E-state index contributed by atoms with van der Waals surface area (Å²) in [5.41, 5.74) is 11.8. The number of hydrogen-bond acceptors (Lipinski definition) is 2. The molecule has 0 unspecified atom stereocenters. The number of fused-ring (bicyclic) bond motifs is 11. The van der Waals surface area contributed by atoms with Gasteiger partial charge in [0.2, 0.25) is 5.78 Å². The van der Waals surface area contributed by atoms with Crippen LogP contribution in [0.5, 0.6) is 0 Å². The highest BCUT2D eigenvalue weighted by molar-refractivity contribution is 6.09.